The molecule has 0 radical (unpaired) electrons. The normalized spacial score (nSPS) is 13.2. The first kappa shape index (κ1) is 15.4. The van der Waals surface area contributed by atoms with E-state index in [0.29, 0.717) is 0 Å². The fraction of sp³-hybridized carbons (Fsp3) is 1.00. The van der Waals surface area contributed by atoms with E-state index in [1.807, 2.05) is 7.11 Å². The molecule has 0 spiro atoms. The average molecular weight is 249 g/mol. The molecule has 0 unspecified atom stereocenters. The summed E-state index contributed by atoms with van der Waals surface area (Å²) < 4.78 is 11.6. The predicted octanol–water partition coefficient (Wildman–Crippen LogP) is 3.86. The van der Waals surface area contributed by atoms with Gasteiger partial charge in [0.25, 0.3) is 0 Å². The third-order valence-electron chi connectivity index (χ3n) is 2.87. The van der Waals surface area contributed by atoms with E-state index in [9.17, 15) is 0 Å². The van der Waals surface area contributed by atoms with Gasteiger partial charge in [-0.15, -0.1) is 0 Å². The molecule has 0 aromatic heterocycles. The van der Waals surface area contributed by atoms with Crippen molar-refractivity contribution in [2.45, 2.75) is 58.0 Å². The van der Waals surface area contributed by atoms with Crippen molar-refractivity contribution in [3.05, 3.63) is 0 Å². The van der Waals surface area contributed by atoms with Gasteiger partial charge >= 0.3 is 0 Å². The Bertz CT molecular complexity index is 170. The van der Waals surface area contributed by atoms with Gasteiger partial charge in [-0.1, -0.05) is 13.3 Å². The first-order valence-electron chi connectivity index (χ1n) is 6.02. The van der Waals surface area contributed by atoms with Crippen LogP contribution in [0.4, 0.5) is 0 Å². The highest BCUT2D eigenvalue weighted by Gasteiger charge is 2.28. The van der Waals surface area contributed by atoms with E-state index >= 15 is 0 Å². The van der Waals surface area contributed by atoms with Gasteiger partial charge in [0.2, 0.25) is 0 Å². The molecule has 0 rings (SSSR count). The summed E-state index contributed by atoms with van der Waals surface area (Å²) in [5, 5.41) is 0. The monoisotopic (exact) mass is 248 g/mol. The van der Waals surface area contributed by atoms with Gasteiger partial charge in [-0.3, -0.25) is 0 Å². The van der Waals surface area contributed by atoms with E-state index < -0.39 is 16.6 Å². The predicted molar refractivity (Wildman–Crippen MR) is 72.4 cm³/mol. The van der Waals surface area contributed by atoms with Crippen LogP contribution in [0.2, 0.25) is 38.3 Å². The molecule has 0 atom stereocenters. The quantitative estimate of drug-likeness (QED) is 0.480. The molecule has 0 amide bonds. The summed E-state index contributed by atoms with van der Waals surface area (Å²) >= 11 is 0. The Kier molecular flexibility index (Phi) is 6.99. The second kappa shape index (κ2) is 6.83. The molecule has 2 nitrogen and oxygen atoms in total. The summed E-state index contributed by atoms with van der Waals surface area (Å²) in [6.07, 6.45) is 2.42. The van der Waals surface area contributed by atoms with Crippen molar-refractivity contribution in [3.8, 4) is 0 Å². The minimum atomic E-state index is -1.41. The van der Waals surface area contributed by atoms with Gasteiger partial charge < -0.3 is 8.85 Å². The molecule has 0 aliphatic rings. The Morgan fingerprint density at radius 2 is 1.47 bits per heavy atom. The van der Waals surface area contributed by atoms with Crippen molar-refractivity contribution in [2.24, 2.45) is 0 Å². The van der Waals surface area contributed by atoms with Crippen LogP contribution in [0, 0.1) is 0 Å². The zero-order valence-electron chi connectivity index (χ0n) is 11.4. The Hall–Kier alpha value is 0.354. The number of hydrogen-bond acceptors (Lipinski definition) is 2. The highest BCUT2D eigenvalue weighted by Crippen LogP contribution is 2.21. The molecular weight excluding hydrogens is 220 g/mol. The first-order chi connectivity index (χ1) is 6.83. The molecule has 15 heavy (non-hydrogen) atoms. The van der Waals surface area contributed by atoms with Gasteiger partial charge in [-0.2, -0.15) is 0 Å². The first-order valence-corrected chi connectivity index (χ1v) is 12.3. The van der Waals surface area contributed by atoms with Gasteiger partial charge in [0.15, 0.2) is 16.6 Å². The van der Waals surface area contributed by atoms with Crippen molar-refractivity contribution in [1.82, 2.24) is 0 Å². The average Bonchev–Trinajstić information content (AvgIpc) is 2.16. The van der Waals surface area contributed by atoms with Gasteiger partial charge in [0.1, 0.15) is 0 Å². The van der Waals surface area contributed by atoms with Crippen molar-refractivity contribution >= 4 is 16.6 Å². The van der Waals surface area contributed by atoms with Crippen LogP contribution in [0.1, 0.15) is 19.8 Å². The lowest BCUT2D eigenvalue weighted by Crippen LogP contribution is -2.36. The molecule has 0 aromatic carbocycles. The Labute approximate surface area is 97.6 Å². The van der Waals surface area contributed by atoms with Gasteiger partial charge in [-0.25, -0.2) is 0 Å². The summed E-state index contributed by atoms with van der Waals surface area (Å²) in [7, 11) is -0.946. The van der Waals surface area contributed by atoms with Crippen LogP contribution >= 0.6 is 0 Å². The Morgan fingerprint density at radius 1 is 0.933 bits per heavy atom. The van der Waals surface area contributed by atoms with Gasteiger partial charge in [-0.05, 0) is 44.7 Å². The minimum Gasteiger partial charge on any atom is -0.420 e. The summed E-state index contributed by atoms with van der Waals surface area (Å²) in [4.78, 5) is 0. The van der Waals surface area contributed by atoms with Gasteiger partial charge in [0.05, 0.1) is 0 Å². The summed E-state index contributed by atoms with van der Waals surface area (Å²) in [5.74, 6) is 0. The van der Waals surface area contributed by atoms with Crippen molar-refractivity contribution in [3.63, 3.8) is 0 Å². The van der Waals surface area contributed by atoms with E-state index in [1.54, 1.807) is 0 Å². The lowest BCUT2D eigenvalue weighted by atomic mass is 10.4. The third-order valence-corrected chi connectivity index (χ3v) is 8.37. The summed E-state index contributed by atoms with van der Waals surface area (Å²) in [5.41, 5.74) is 0. The molecule has 0 heterocycles. The molecule has 0 bridgehead atoms. The largest absolute Gasteiger partial charge is 0.420 e. The second-order valence-electron chi connectivity index (χ2n) is 5.43. The van der Waals surface area contributed by atoms with Crippen LogP contribution in [-0.2, 0) is 8.85 Å². The maximum atomic E-state index is 6.02. The van der Waals surface area contributed by atoms with Crippen molar-refractivity contribution in [2.75, 3.05) is 13.7 Å². The van der Waals surface area contributed by atoms with Crippen molar-refractivity contribution in [1.29, 1.82) is 0 Å². The van der Waals surface area contributed by atoms with Crippen LogP contribution in [-0.4, -0.2) is 30.4 Å². The zero-order chi connectivity index (χ0) is 11.9. The van der Waals surface area contributed by atoms with E-state index in [0.717, 1.165) is 6.61 Å². The van der Waals surface area contributed by atoms with Gasteiger partial charge in [0, 0.05) is 13.7 Å². The number of rotatable bonds is 8. The smallest absolute Gasteiger partial charge is 0.186 e. The topological polar surface area (TPSA) is 18.5 Å². The lowest BCUT2D eigenvalue weighted by Gasteiger charge is -2.27. The lowest BCUT2D eigenvalue weighted by molar-refractivity contribution is 0.299. The summed E-state index contributed by atoms with van der Waals surface area (Å²) in [6.45, 7) is 12.4. The molecule has 0 N–H and O–H groups in total. The molecule has 0 aliphatic carbocycles. The highest BCUT2D eigenvalue weighted by atomic mass is 28.4. The van der Waals surface area contributed by atoms with Crippen molar-refractivity contribution < 1.29 is 8.85 Å². The third kappa shape index (κ3) is 8.19. The molecular formula is C11H28O2Si2. The van der Waals surface area contributed by atoms with E-state index in [-0.39, 0.29) is 0 Å². The molecule has 0 aromatic rings. The van der Waals surface area contributed by atoms with E-state index in [4.69, 9.17) is 8.85 Å². The maximum Gasteiger partial charge on any atom is 0.186 e. The Balaban J connectivity index is 3.82. The fourth-order valence-electron chi connectivity index (χ4n) is 1.27. The standard InChI is InChI=1S/C11H28O2Si2/c1-7-8-9-13-15(5,6)11-10-14(3,4)12-2/h7-11H2,1-6H3. The van der Waals surface area contributed by atoms with Crippen LogP contribution in [0.15, 0.2) is 0 Å². The Morgan fingerprint density at radius 3 is 1.93 bits per heavy atom. The molecule has 0 saturated carbocycles. The second-order valence-corrected chi connectivity index (χ2v) is 14.2. The molecule has 92 valence electrons. The molecule has 0 fully saturated rings. The number of unbranched alkanes of at least 4 members (excludes halogenated alkanes) is 1. The fourth-order valence-corrected chi connectivity index (χ4v) is 7.13. The minimum absolute atomic E-state index is 0.949. The van der Waals surface area contributed by atoms with E-state index in [1.165, 1.54) is 24.9 Å². The van der Waals surface area contributed by atoms with Crippen LogP contribution < -0.4 is 0 Å². The highest BCUT2D eigenvalue weighted by molar-refractivity contribution is 6.76. The molecule has 0 aliphatic heterocycles. The van der Waals surface area contributed by atoms with Crippen LogP contribution in [0.3, 0.4) is 0 Å². The van der Waals surface area contributed by atoms with Crippen LogP contribution in [0.25, 0.3) is 0 Å². The summed E-state index contributed by atoms with van der Waals surface area (Å²) in [6, 6.07) is 2.47. The molecule has 0 saturated heterocycles. The van der Waals surface area contributed by atoms with E-state index in [2.05, 4.69) is 33.1 Å². The SMILES string of the molecule is CCCCO[Si](C)(C)CC[Si](C)(C)OC. The van der Waals surface area contributed by atoms with Crippen LogP contribution in [0.5, 0.6) is 0 Å². The zero-order valence-corrected chi connectivity index (χ0v) is 13.4. The maximum absolute atomic E-state index is 6.02. The molecule has 4 heteroatoms. The number of hydrogen-bond donors (Lipinski definition) is 0.